The number of halogens is 3. The van der Waals surface area contributed by atoms with Crippen LogP contribution in [0, 0.1) is 24.2 Å². The van der Waals surface area contributed by atoms with Gasteiger partial charge in [-0.05, 0) is 68.3 Å². The smallest absolute Gasteiger partial charge is 0.416 e. The van der Waals surface area contributed by atoms with Crippen molar-refractivity contribution in [2.75, 3.05) is 25.6 Å². The third kappa shape index (κ3) is 9.40. The van der Waals surface area contributed by atoms with Crippen LogP contribution in [-0.4, -0.2) is 31.5 Å². The maximum Gasteiger partial charge on any atom is 0.416 e. The van der Waals surface area contributed by atoms with Crippen molar-refractivity contribution in [2.24, 2.45) is 5.92 Å². The lowest BCUT2D eigenvalue weighted by atomic mass is 10.1. The summed E-state index contributed by atoms with van der Waals surface area (Å²) in [6.45, 7) is 4.03. The minimum absolute atomic E-state index is 0.0249. The minimum atomic E-state index is -4.39. The van der Waals surface area contributed by atoms with E-state index in [-0.39, 0.29) is 19.1 Å². The van der Waals surface area contributed by atoms with Crippen molar-refractivity contribution >= 4 is 17.7 Å². The number of nitrogens with zero attached hydrogens (tertiary/aromatic N) is 1. The number of benzene rings is 2. The number of allylic oxidation sites excluding steroid dienone is 2. The van der Waals surface area contributed by atoms with Gasteiger partial charge >= 0.3 is 12.1 Å². The predicted octanol–water partition coefficient (Wildman–Crippen LogP) is 6.21. The molecule has 0 saturated heterocycles. The Morgan fingerprint density at radius 1 is 1.18 bits per heavy atom. The number of carbonyl (C=O) groups is 1. The fourth-order valence-corrected chi connectivity index (χ4v) is 3.96. The Hall–Kier alpha value is -3.12. The van der Waals surface area contributed by atoms with Crippen LogP contribution in [0.25, 0.3) is 0 Å². The third-order valence-corrected chi connectivity index (χ3v) is 5.84. The van der Waals surface area contributed by atoms with Gasteiger partial charge in [0, 0.05) is 22.6 Å². The Balaban J connectivity index is 1.95. The van der Waals surface area contributed by atoms with E-state index < -0.39 is 17.7 Å². The van der Waals surface area contributed by atoms with Gasteiger partial charge in [-0.25, -0.2) is 4.79 Å². The van der Waals surface area contributed by atoms with Crippen molar-refractivity contribution in [2.45, 2.75) is 31.3 Å². The Labute approximate surface area is 201 Å². The van der Waals surface area contributed by atoms with Crippen molar-refractivity contribution in [3.05, 3.63) is 65.7 Å². The molecule has 0 aliphatic rings. The molecule has 0 fully saturated rings. The molecule has 0 saturated carbocycles. The molecule has 0 aliphatic heterocycles. The number of hydrogen-bond donors (Lipinski definition) is 0. The maximum absolute atomic E-state index is 12.7. The molecule has 182 valence electrons. The summed E-state index contributed by atoms with van der Waals surface area (Å²) in [6, 6.07) is 12.2. The fourth-order valence-electron chi connectivity index (χ4n) is 2.88. The number of ether oxygens (including phenoxy) is 3. The van der Waals surface area contributed by atoms with Gasteiger partial charge in [-0.1, -0.05) is 6.08 Å². The molecule has 0 bridgehead atoms. The molecule has 34 heavy (non-hydrogen) atoms. The topological polar surface area (TPSA) is 68.5 Å². The van der Waals surface area contributed by atoms with Crippen molar-refractivity contribution in [3.8, 4) is 17.6 Å². The average Bonchev–Trinajstić information content (AvgIpc) is 2.80. The largest absolute Gasteiger partial charge is 0.493 e. The average molecular weight is 494 g/mol. The second kappa shape index (κ2) is 13.6. The van der Waals surface area contributed by atoms with Crippen molar-refractivity contribution in [1.29, 1.82) is 5.26 Å². The van der Waals surface area contributed by atoms with Crippen molar-refractivity contribution < 1.29 is 32.2 Å². The summed E-state index contributed by atoms with van der Waals surface area (Å²) in [6.07, 6.45) is -0.660. The highest BCUT2D eigenvalue weighted by molar-refractivity contribution is 7.99. The number of rotatable bonds is 12. The summed E-state index contributed by atoms with van der Waals surface area (Å²) in [5.74, 6) is 1.21. The number of hydrogen-bond acceptors (Lipinski definition) is 6. The second-order valence-corrected chi connectivity index (χ2v) is 8.39. The molecule has 1 atom stereocenters. The van der Waals surface area contributed by atoms with Gasteiger partial charge in [0.1, 0.15) is 11.5 Å². The zero-order valence-corrected chi connectivity index (χ0v) is 19.7. The monoisotopic (exact) mass is 493 g/mol. The molecule has 0 spiro atoms. The number of nitriles is 1. The number of esters is 1. The maximum atomic E-state index is 12.7. The van der Waals surface area contributed by atoms with E-state index in [9.17, 15) is 18.0 Å². The standard InChI is InChI=1S/C25H26F3NO4S/c1-3-31-24(30)16-33-23-12-11-22(14-18(23)2)34-17-19(6-4-5-13-29)15-32-21-9-7-20(8-10-21)25(26,27)28/h4-5,7-12,14,19H,3,6,15-17H2,1-2H3. The van der Waals surface area contributed by atoms with E-state index in [1.807, 2.05) is 25.1 Å². The van der Waals surface area contributed by atoms with Crippen LogP contribution in [-0.2, 0) is 15.7 Å². The molecule has 2 aromatic carbocycles. The van der Waals surface area contributed by atoms with Gasteiger partial charge in [-0.3, -0.25) is 0 Å². The molecule has 0 amide bonds. The highest BCUT2D eigenvalue weighted by Gasteiger charge is 2.30. The highest BCUT2D eigenvalue weighted by atomic mass is 32.2. The third-order valence-electron chi connectivity index (χ3n) is 4.61. The molecule has 9 heteroatoms. The fraction of sp³-hybridized carbons (Fsp3) is 0.360. The van der Waals surface area contributed by atoms with E-state index in [1.165, 1.54) is 18.2 Å². The summed E-state index contributed by atoms with van der Waals surface area (Å²) in [7, 11) is 0. The van der Waals surface area contributed by atoms with E-state index >= 15 is 0 Å². The van der Waals surface area contributed by atoms with Crippen molar-refractivity contribution in [1.82, 2.24) is 0 Å². The Morgan fingerprint density at radius 3 is 2.53 bits per heavy atom. The van der Waals surface area contributed by atoms with Gasteiger partial charge in [0.15, 0.2) is 6.61 Å². The van der Waals surface area contributed by atoms with E-state index in [2.05, 4.69) is 0 Å². The SMILES string of the molecule is CCOC(=O)COc1ccc(SCC(CC=CC#N)COc2ccc(C(F)(F)F)cc2)cc1C. The van der Waals surface area contributed by atoms with Crippen LogP contribution < -0.4 is 9.47 Å². The normalized spacial score (nSPS) is 12.2. The molecule has 0 radical (unpaired) electrons. The van der Waals surface area contributed by atoms with Crippen LogP contribution in [0.1, 0.15) is 24.5 Å². The molecule has 0 aromatic heterocycles. The summed E-state index contributed by atoms with van der Waals surface area (Å²) in [5, 5.41) is 8.75. The molecule has 0 N–H and O–H groups in total. The van der Waals surface area contributed by atoms with Gasteiger partial charge in [0.05, 0.1) is 24.8 Å². The molecule has 0 heterocycles. The van der Waals surface area contributed by atoms with Gasteiger partial charge < -0.3 is 14.2 Å². The lowest BCUT2D eigenvalue weighted by Crippen LogP contribution is -2.15. The Kier molecular flexibility index (Phi) is 10.8. The van der Waals surface area contributed by atoms with E-state index in [1.54, 1.807) is 30.8 Å². The first kappa shape index (κ1) is 27.1. The summed E-state index contributed by atoms with van der Waals surface area (Å²) >= 11 is 1.59. The first-order valence-corrected chi connectivity index (χ1v) is 11.6. The molecule has 2 aromatic rings. The number of alkyl halides is 3. The first-order valence-electron chi connectivity index (χ1n) is 10.6. The Morgan fingerprint density at radius 2 is 1.91 bits per heavy atom. The highest BCUT2D eigenvalue weighted by Crippen LogP contribution is 2.31. The lowest BCUT2D eigenvalue weighted by molar-refractivity contribution is -0.145. The molecule has 2 rings (SSSR count). The number of aryl methyl sites for hydroxylation is 1. The second-order valence-electron chi connectivity index (χ2n) is 7.30. The zero-order valence-electron chi connectivity index (χ0n) is 18.9. The predicted molar refractivity (Wildman–Crippen MR) is 124 cm³/mol. The first-order chi connectivity index (χ1) is 16.2. The zero-order chi connectivity index (χ0) is 25.0. The molecular weight excluding hydrogens is 467 g/mol. The quantitative estimate of drug-likeness (QED) is 0.199. The van der Waals surface area contributed by atoms with Crippen LogP contribution in [0.15, 0.2) is 59.5 Å². The Bertz CT molecular complexity index is 1000. The molecule has 0 aliphatic carbocycles. The minimum Gasteiger partial charge on any atom is -0.493 e. The van der Waals surface area contributed by atoms with Gasteiger partial charge in [-0.2, -0.15) is 18.4 Å². The van der Waals surface area contributed by atoms with E-state index in [0.717, 1.165) is 22.6 Å². The van der Waals surface area contributed by atoms with Gasteiger partial charge in [-0.15, -0.1) is 11.8 Å². The van der Waals surface area contributed by atoms with Crippen LogP contribution in [0.5, 0.6) is 11.5 Å². The van der Waals surface area contributed by atoms with Gasteiger partial charge in [0.25, 0.3) is 0 Å². The summed E-state index contributed by atoms with van der Waals surface area (Å²) < 4.78 is 54.2. The van der Waals surface area contributed by atoms with Crippen LogP contribution in [0.4, 0.5) is 13.2 Å². The molecule has 1 unspecified atom stereocenters. The van der Waals surface area contributed by atoms with Gasteiger partial charge in [0.2, 0.25) is 0 Å². The number of thioether (sulfide) groups is 1. The summed E-state index contributed by atoms with van der Waals surface area (Å²) in [5.41, 5.74) is 0.144. The van der Waals surface area contributed by atoms with E-state index in [4.69, 9.17) is 19.5 Å². The molecule has 5 nitrogen and oxygen atoms in total. The molecular formula is C25H26F3NO4S. The van der Waals surface area contributed by atoms with Crippen molar-refractivity contribution in [3.63, 3.8) is 0 Å². The van der Waals surface area contributed by atoms with Crippen LogP contribution >= 0.6 is 11.8 Å². The number of carbonyl (C=O) groups excluding carboxylic acids is 1. The van der Waals surface area contributed by atoms with E-state index in [0.29, 0.717) is 30.3 Å². The van der Waals surface area contributed by atoms with Crippen LogP contribution in [0.3, 0.4) is 0 Å². The van der Waals surface area contributed by atoms with Crippen LogP contribution in [0.2, 0.25) is 0 Å². The summed E-state index contributed by atoms with van der Waals surface area (Å²) in [4.78, 5) is 12.5. The lowest BCUT2D eigenvalue weighted by Gasteiger charge is -2.17.